The van der Waals surface area contributed by atoms with Crippen LogP contribution in [-0.4, -0.2) is 91.4 Å². The standard InChI is InChI=1S/C44H55N9O5/c1-8-39(55)47-34-20-30(9-10-36(34)51-14-13-50(23-26(51)2)31-17-27(3)58-28(4)18-31)46-40-43(57)49(7)24-35(48-40)32-11-12-45-41(33(32)25-54)53-16-15-52-37(42(53)56)19-29-21-44(5,6)22-38(29)52/h8-12,19-20,24,26-28,31,54H,1,13-18,21-23,25H2,2-7H3,(H,46,48)(H,47,55)/t26-,27-,28+,31?/m0/s1. The molecule has 3 N–H and O–H groups in total. The van der Waals surface area contributed by atoms with Gasteiger partial charge in [0, 0.05) is 86.8 Å². The Balaban J connectivity index is 1.06. The highest BCUT2D eigenvalue weighted by molar-refractivity contribution is 6.06. The summed E-state index contributed by atoms with van der Waals surface area (Å²) in [6.07, 6.45) is 8.83. The van der Waals surface area contributed by atoms with Crippen molar-refractivity contribution in [2.45, 2.75) is 97.7 Å². The number of carbonyl (C=O) groups excluding carboxylic acids is 2. The SMILES string of the molecule is C=CC(=O)Nc1cc(Nc2nc(-c3ccnc(N4CCn5c(cc6c5CC(C)(C)C6)C4=O)c3CO)cn(C)c2=O)ccc1N1CCN(C2C[C@@H](C)O[C@@H](C)C2)C[C@@H]1C. The molecule has 2 amide bonds. The molecule has 0 spiro atoms. The molecule has 3 aliphatic heterocycles. The van der Waals surface area contributed by atoms with E-state index >= 15 is 0 Å². The molecule has 14 nitrogen and oxygen atoms in total. The second kappa shape index (κ2) is 15.5. The number of fused-ring (bicyclic) bond motifs is 3. The van der Waals surface area contributed by atoms with Crippen LogP contribution in [0.1, 0.15) is 74.8 Å². The normalized spacial score (nSPS) is 23.1. The van der Waals surface area contributed by atoms with Crippen molar-refractivity contribution in [2.24, 2.45) is 12.5 Å². The number of hydrogen-bond donors (Lipinski definition) is 3. The first-order valence-corrected chi connectivity index (χ1v) is 20.4. The van der Waals surface area contributed by atoms with Crippen molar-refractivity contribution in [1.82, 2.24) is 24.0 Å². The van der Waals surface area contributed by atoms with Crippen molar-refractivity contribution in [3.63, 3.8) is 0 Å². The number of rotatable bonds is 9. The molecule has 4 atom stereocenters. The average Bonchev–Trinajstić information content (AvgIpc) is 3.68. The molecule has 58 heavy (non-hydrogen) atoms. The Hall–Kier alpha value is -5.31. The molecule has 14 heteroatoms. The molecule has 3 aromatic heterocycles. The maximum Gasteiger partial charge on any atom is 0.293 e. The highest BCUT2D eigenvalue weighted by atomic mass is 16.5. The molecule has 8 rings (SSSR count). The van der Waals surface area contributed by atoms with Crippen molar-refractivity contribution in [2.75, 3.05) is 46.6 Å². The van der Waals surface area contributed by atoms with Gasteiger partial charge in [-0.1, -0.05) is 20.4 Å². The van der Waals surface area contributed by atoms with E-state index in [1.165, 1.54) is 21.9 Å². The first kappa shape index (κ1) is 39.5. The number of pyridine rings is 1. The third-order valence-electron chi connectivity index (χ3n) is 12.3. The van der Waals surface area contributed by atoms with Gasteiger partial charge in [-0.2, -0.15) is 0 Å². The number of hydrogen-bond acceptors (Lipinski definition) is 10. The van der Waals surface area contributed by atoms with E-state index in [0.717, 1.165) is 51.0 Å². The summed E-state index contributed by atoms with van der Waals surface area (Å²) in [6, 6.07) is 10.1. The van der Waals surface area contributed by atoms with E-state index in [1.54, 1.807) is 30.4 Å². The Bertz CT molecular complexity index is 2320. The van der Waals surface area contributed by atoms with Gasteiger partial charge in [-0.3, -0.25) is 24.2 Å². The van der Waals surface area contributed by atoms with Gasteiger partial charge in [0.25, 0.3) is 11.5 Å². The van der Waals surface area contributed by atoms with Crippen LogP contribution in [0, 0.1) is 5.41 Å². The number of benzene rings is 1. The molecular formula is C44H55N9O5. The van der Waals surface area contributed by atoms with Crippen LogP contribution >= 0.6 is 0 Å². The van der Waals surface area contributed by atoms with Gasteiger partial charge in [0.15, 0.2) is 5.82 Å². The fraction of sp³-hybridized carbons (Fsp3) is 0.477. The Kier molecular flexibility index (Phi) is 10.5. The van der Waals surface area contributed by atoms with Gasteiger partial charge in [0.1, 0.15) is 11.5 Å². The van der Waals surface area contributed by atoms with Crippen LogP contribution in [0.4, 0.5) is 28.7 Å². The van der Waals surface area contributed by atoms with Crippen LogP contribution in [-0.2, 0) is 42.6 Å². The molecule has 1 aliphatic carbocycles. The lowest BCUT2D eigenvalue weighted by Gasteiger charge is -2.47. The summed E-state index contributed by atoms with van der Waals surface area (Å²) < 4.78 is 9.59. The molecule has 1 aromatic carbocycles. The van der Waals surface area contributed by atoms with Crippen LogP contribution in [0.5, 0.6) is 0 Å². The fourth-order valence-electron chi connectivity index (χ4n) is 9.67. The van der Waals surface area contributed by atoms with Gasteiger partial charge in [0.05, 0.1) is 35.9 Å². The number of anilines is 5. The molecule has 2 saturated heterocycles. The molecule has 1 unspecified atom stereocenters. The number of aliphatic hydroxyl groups excluding tert-OH is 1. The summed E-state index contributed by atoms with van der Waals surface area (Å²) in [5.41, 5.74) is 6.33. The number of piperazine rings is 1. The van der Waals surface area contributed by atoms with Crippen molar-refractivity contribution in [1.29, 1.82) is 0 Å². The Morgan fingerprint density at radius 2 is 1.83 bits per heavy atom. The van der Waals surface area contributed by atoms with Crippen LogP contribution in [0.2, 0.25) is 0 Å². The number of amides is 2. The zero-order chi connectivity index (χ0) is 41.0. The van der Waals surface area contributed by atoms with Gasteiger partial charge in [-0.15, -0.1) is 0 Å². The minimum Gasteiger partial charge on any atom is -0.392 e. The van der Waals surface area contributed by atoms with E-state index in [9.17, 15) is 19.5 Å². The van der Waals surface area contributed by atoms with Gasteiger partial charge >= 0.3 is 0 Å². The number of carbonyl (C=O) groups is 2. The quantitative estimate of drug-likeness (QED) is 0.192. The van der Waals surface area contributed by atoms with Gasteiger partial charge in [0.2, 0.25) is 5.91 Å². The Morgan fingerprint density at radius 3 is 2.55 bits per heavy atom. The van der Waals surface area contributed by atoms with Gasteiger partial charge in [-0.05, 0) is 93.8 Å². The highest BCUT2D eigenvalue weighted by Crippen LogP contribution is 2.40. The molecule has 306 valence electrons. The molecule has 0 bridgehead atoms. The molecule has 0 radical (unpaired) electrons. The van der Waals surface area contributed by atoms with E-state index in [0.29, 0.717) is 58.8 Å². The Labute approximate surface area is 339 Å². The zero-order valence-electron chi connectivity index (χ0n) is 34.4. The number of aryl methyl sites for hydroxylation is 1. The summed E-state index contributed by atoms with van der Waals surface area (Å²) in [6.45, 7) is 17.9. The summed E-state index contributed by atoms with van der Waals surface area (Å²) >= 11 is 0. The summed E-state index contributed by atoms with van der Waals surface area (Å²) in [4.78, 5) is 56.2. The van der Waals surface area contributed by atoms with Gasteiger partial charge < -0.3 is 34.5 Å². The lowest BCUT2D eigenvalue weighted by atomic mass is 9.90. The maximum absolute atomic E-state index is 14.0. The number of nitrogens with one attached hydrogen (secondary N) is 2. The summed E-state index contributed by atoms with van der Waals surface area (Å²) in [5, 5.41) is 17.0. The van der Waals surface area contributed by atoms with E-state index in [2.05, 4.69) is 71.2 Å². The summed E-state index contributed by atoms with van der Waals surface area (Å²) in [5.74, 6) is -0.0731. The number of aromatic nitrogens is 4. The second-order valence-electron chi connectivity index (χ2n) is 17.3. The zero-order valence-corrected chi connectivity index (χ0v) is 34.4. The van der Waals surface area contributed by atoms with Crippen LogP contribution in [0.3, 0.4) is 0 Å². The lowest BCUT2D eigenvalue weighted by molar-refractivity contribution is -0.111. The second-order valence-corrected chi connectivity index (χ2v) is 17.3. The number of ether oxygens (including phenoxy) is 1. The molecule has 2 fully saturated rings. The van der Waals surface area contributed by atoms with Crippen LogP contribution in [0.25, 0.3) is 11.3 Å². The lowest BCUT2D eigenvalue weighted by Crippen LogP contribution is -2.57. The molecule has 4 aromatic rings. The molecule has 6 heterocycles. The van der Waals surface area contributed by atoms with E-state index in [-0.39, 0.29) is 46.9 Å². The minimum atomic E-state index is -0.394. The van der Waals surface area contributed by atoms with Crippen LogP contribution < -0.4 is 26.0 Å². The smallest absolute Gasteiger partial charge is 0.293 e. The third-order valence-corrected chi connectivity index (χ3v) is 12.3. The van der Waals surface area contributed by atoms with Gasteiger partial charge in [-0.25, -0.2) is 9.97 Å². The monoisotopic (exact) mass is 789 g/mol. The van der Waals surface area contributed by atoms with Crippen molar-refractivity contribution >= 4 is 40.5 Å². The number of aliphatic hydroxyl groups is 1. The first-order valence-electron chi connectivity index (χ1n) is 20.4. The average molecular weight is 790 g/mol. The first-order chi connectivity index (χ1) is 27.7. The summed E-state index contributed by atoms with van der Waals surface area (Å²) in [7, 11) is 1.64. The van der Waals surface area contributed by atoms with Crippen LogP contribution in [0.15, 0.2) is 60.2 Å². The van der Waals surface area contributed by atoms with E-state index in [1.807, 2.05) is 24.3 Å². The maximum atomic E-state index is 14.0. The largest absolute Gasteiger partial charge is 0.392 e. The van der Waals surface area contributed by atoms with E-state index < -0.39 is 6.61 Å². The molecule has 0 saturated carbocycles. The number of nitrogens with zero attached hydrogens (tertiary/aromatic N) is 7. The molecule has 4 aliphatic rings. The van der Waals surface area contributed by atoms with Crippen molar-refractivity contribution in [3.05, 3.63) is 88.2 Å². The Morgan fingerprint density at radius 1 is 1.05 bits per heavy atom. The fourth-order valence-corrected chi connectivity index (χ4v) is 9.67. The van der Waals surface area contributed by atoms with Crippen molar-refractivity contribution in [3.8, 4) is 11.3 Å². The molecular weight excluding hydrogens is 735 g/mol. The highest BCUT2D eigenvalue weighted by Gasteiger charge is 2.38. The van der Waals surface area contributed by atoms with E-state index in [4.69, 9.17) is 9.72 Å². The minimum absolute atomic E-state index is 0.0576. The third kappa shape index (κ3) is 7.44. The van der Waals surface area contributed by atoms with Crippen molar-refractivity contribution < 1.29 is 19.4 Å². The predicted octanol–water partition coefficient (Wildman–Crippen LogP) is 5.26. The topological polar surface area (TPSA) is 150 Å². The predicted molar refractivity (Wildman–Crippen MR) is 226 cm³/mol.